The third-order valence-electron chi connectivity index (χ3n) is 5.43. The molecule has 0 unspecified atom stereocenters. The van der Waals surface area contributed by atoms with Crippen LogP contribution in [-0.2, 0) is 4.79 Å². The van der Waals surface area contributed by atoms with Gasteiger partial charge >= 0.3 is 6.03 Å². The van der Waals surface area contributed by atoms with Gasteiger partial charge in [0.2, 0.25) is 0 Å². The van der Waals surface area contributed by atoms with Crippen LogP contribution in [0.25, 0.3) is 17.2 Å². The number of nitrogens with zero attached hydrogens (tertiary/aromatic N) is 1. The summed E-state index contributed by atoms with van der Waals surface area (Å²) in [6.45, 7) is 2.04. The number of urea groups is 1. The molecule has 1 aliphatic carbocycles. The third-order valence-corrected chi connectivity index (χ3v) is 5.43. The van der Waals surface area contributed by atoms with Gasteiger partial charge in [0.25, 0.3) is 5.91 Å². The molecule has 1 saturated carbocycles. The lowest BCUT2D eigenvalue weighted by Crippen LogP contribution is -2.40. The van der Waals surface area contributed by atoms with Crippen molar-refractivity contribution in [1.82, 2.24) is 10.2 Å². The van der Waals surface area contributed by atoms with Gasteiger partial charge in [-0.05, 0) is 31.4 Å². The molecule has 140 valence electrons. The topological polar surface area (TPSA) is 62.6 Å². The molecule has 0 bridgehead atoms. The largest absolute Gasteiger partial charge is 0.464 e. The number of imide groups is 1. The Hall–Kier alpha value is -2.82. The van der Waals surface area contributed by atoms with E-state index in [9.17, 15) is 9.59 Å². The molecule has 2 aromatic rings. The first-order valence-corrected chi connectivity index (χ1v) is 9.64. The molecule has 0 radical (unpaired) electrons. The fourth-order valence-electron chi connectivity index (χ4n) is 3.93. The standard InChI is InChI=1S/C22H24N2O3/c1-15-8-10-16(11-9-15)18-12-13-27-20(18)14-19-21(25)24(22(26)23-19)17-6-4-2-3-5-7-17/h8-14,17H,2-7H2,1H3,(H,23,26)/b19-14-. The molecular formula is C22H24N2O3. The first kappa shape index (κ1) is 17.6. The second-order valence-electron chi connectivity index (χ2n) is 7.37. The number of hydrogen-bond donors (Lipinski definition) is 1. The second-order valence-corrected chi connectivity index (χ2v) is 7.37. The van der Waals surface area contributed by atoms with E-state index < -0.39 is 0 Å². The first-order valence-electron chi connectivity index (χ1n) is 9.64. The maximum absolute atomic E-state index is 12.9. The summed E-state index contributed by atoms with van der Waals surface area (Å²) in [5.41, 5.74) is 3.38. The molecule has 1 aromatic carbocycles. The average Bonchev–Trinajstić information content (AvgIpc) is 3.10. The smallest absolute Gasteiger partial charge is 0.329 e. The lowest BCUT2D eigenvalue weighted by Gasteiger charge is -2.23. The highest BCUT2D eigenvalue weighted by molar-refractivity contribution is 6.14. The fourth-order valence-corrected chi connectivity index (χ4v) is 3.93. The van der Waals surface area contributed by atoms with Gasteiger partial charge in [-0.15, -0.1) is 0 Å². The van der Waals surface area contributed by atoms with Crippen molar-refractivity contribution in [3.05, 3.63) is 53.6 Å². The molecule has 2 fully saturated rings. The number of benzene rings is 1. The van der Waals surface area contributed by atoms with Crippen LogP contribution < -0.4 is 5.32 Å². The molecule has 1 aliphatic heterocycles. The van der Waals surface area contributed by atoms with Crippen molar-refractivity contribution in [3.8, 4) is 11.1 Å². The lowest BCUT2D eigenvalue weighted by atomic mass is 10.0. The number of rotatable bonds is 3. The van der Waals surface area contributed by atoms with Crippen LogP contribution in [0.5, 0.6) is 0 Å². The predicted octanol–water partition coefficient (Wildman–Crippen LogP) is 4.87. The van der Waals surface area contributed by atoms with Gasteiger partial charge in [-0.3, -0.25) is 9.69 Å². The SMILES string of the molecule is Cc1ccc(-c2ccoc2/C=C2\NC(=O)N(C3CCCCCC3)C2=O)cc1. The van der Waals surface area contributed by atoms with Crippen molar-refractivity contribution in [2.45, 2.75) is 51.5 Å². The average molecular weight is 364 g/mol. The number of carbonyl (C=O) groups excluding carboxylic acids is 2. The van der Waals surface area contributed by atoms with Gasteiger partial charge in [0.15, 0.2) is 0 Å². The van der Waals surface area contributed by atoms with Gasteiger partial charge in [0, 0.05) is 17.7 Å². The molecule has 0 atom stereocenters. The summed E-state index contributed by atoms with van der Waals surface area (Å²) >= 11 is 0. The summed E-state index contributed by atoms with van der Waals surface area (Å²) in [4.78, 5) is 26.7. The molecule has 2 heterocycles. The normalized spacial score (nSPS) is 20.2. The van der Waals surface area contributed by atoms with E-state index in [1.807, 2.05) is 37.3 Å². The van der Waals surface area contributed by atoms with Gasteiger partial charge in [-0.2, -0.15) is 0 Å². The van der Waals surface area contributed by atoms with E-state index in [4.69, 9.17) is 4.42 Å². The van der Waals surface area contributed by atoms with Crippen molar-refractivity contribution in [2.75, 3.05) is 0 Å². The van der Waals surface area contributed by atoms with Crippen molar-refractivity contribution < 1.29 is 14.0 Å². The van der Waals surface area contributed by atoms with Gasteiger partial charge in [0.1, 0.15) is 11.5 Å². The second kappa shape index (κ2) is 7.43. The molecule has 1 aromatic heterocycles. The van der Waals surface area contributed by atoms with Crippen LogP contribution in [0.15, 0.2) is 46.7 Å². The molecule has 5 heteroatoms. The van der Waals surface area contributed by atoms with E-state index in [0.717, 1.165) is 36.8 Å². The van der Waals surface area contributed by atoms with E-state index in [1.54, 1.807) is 12.3 Å². The zero-order valence-corrected chi connectivity index (χ0v) is 15.5. The monoisotopic (exact) mass is 364 g/mol. The summed E-state index contributed by atoms with van der Waals surface area (Å²) in [5.74, 6) is 0.323. The zero-order chi connectivity index (χ0) is 18.8. The van der Waals surface area contributed by atoms with Crippen molar-refractivity contribution in [3.63, 3.8) is 0 Å². The highest BCUT2D eigenvalue weighted by Crippen LogP contribution is 2.29. The minimum absolute atomic E-state index is 0.000861. The molecule has 2 aliphatic rings. The summed E-state index contributed by atoms with van der Waals surface area (Å²) in [7, 11) is 0. The molecule has 27 heavy (non-hydrogen) atoms. The minimum Gasteiger partial charge on any atom is -0.464 e. The fraction of sp³-hybridized carbons (Fsp3) is 0.364. The van der Waals surface area contributed by atoms with Crippen LogP contribution in [0, 0.1) is 6.92 Å². The highest BCUT2D eigenvalue weighted by atomic mass is 16.3. The van der Waals surface area contributed by atoms with Crippen LogP contribution in [-0.4, -0.2) is 22.9 Å². The van der Waals surface area contributed by atoms with Gasteiger partial charge in [0.05, 0.1) is 6.26 Å². The number of aryl methyl sites for hydroxylation is 1. The van der Waals surface area contributed by atoms with E-state index in [1.165, 1.54) is 23.3 Å². The number of nitrogens with one attached hydrogen (secondary N) is 1. The quantitative estimate of drug-likeness (QED) is 0.480. The van der Waals surface area contributed by atoms with E-state index in [-0.39, 0.29) is 23.7 Å². The Bertz CT molecular complexity index is 871. The molecule has 3 amide bonds. The Balaban J connectivity index is 1.60. The molecular weight excluding hydrogens is 340 g/mol. The number of carbonyl (C=O) groups is 2. The van der Waals surface area contributed by atoms with Crippen LogP contribution in [0.2, 0.25) is 0 Å². The van der Waals surface area contributed by atoms with E-state index in [2.05, 4.69) is 5.32 Å². The molecule has 4 rings (SSSR count). The van der Waals surface area contributed by atoms with Crippen molar-refractivity contribution >= 4 is 18.0 Å². The highest BCUT2D eigenvalue weighted by Gasteiger charge is 2.38. The van der Waals surface area contributed by atoms with E-state index in [0.29, 0.717) is 5.76 Å². The Morgan fingerprint density at radius 1 is 1.04 bits per heavy atom. The van der Waals surface area contributed by atoms with Crippen molar-refractivity contribution in [2.24, 2.45) is 0 Å². The van der Waals surface area contributed by atoms with E-state index >= 15 is 0 Å². The molecule has 1 N–H and O–H groups in total. The summed E-state index contributed by atoms with van der Waals surface area (Å²) in [6.07, 6.45) is 9.51. The van der Waals surface area contributed by atoms with Crippen LogP contribution in [0.1, 0.15) is 49.8 Å². The third kappa shape index (κ3) is 3.54. The van der Waals surface area contributed by atoms with Crippen LogP contribution in [0.4, 0.5) is 4.79 Å². The minimum atomic E-state index is -0.318. The van der Waals surface area contributed by atoms with Crippen molar-refractivity contribution in [1.29, 1.82) is 0 Å². The Morgan fingerprint density at radius 2 is 1.74 bits per heavy atom. The molecule has 1 saturated heterocycles. The number of furan rings is 1. The summed E-state index contributed by atoms with van der Waals surface area (Å²) < 4.78 is 5.60. The van der Waals surface area contributed by atoms with Crippen LogP contribution in [0.3, 0.4) is 0 Å². The predicted molar refractivity (Wildman–Crippen MR) is 104 cm³/mol. The molecule has 0 spiro atoms. The molecule has 5 nitrogen and oxygen atoms in total. The maximum Gasteiger partial charge on any atom is 0.329 e. The summed E-state index contributed by atoms with van der Waals surface area (Å²) in [6, 6.07) is 9.68. The Labute approximate surface area is 159 Å². The zero-order valence-electron chi connectivity index (χ0n) is 15.5. The van der Waals surface area contributed by atoms with Gasteiger partial charge < -0.3 is 9.73 Å². The maximum atomic E-state index is 12.9. The Morgan fingerprint density at radius 3 is 2.44 bits per heavy atom. The van der Waals surface area contributed by atoms with Gasteiger partial charge in [-0.25, -0.2) is 4.79 Å². The van der Waals surface area contributed by atoms with Gasteiger partial charge in [-0.1, -0.05) is 55.5 Å². The number of amides is 3. The Kier molecular flexibility index (Phi) is 4.84. The lowest BCUT2D eigenvalue weighted by molar-refractivity contribution is -0.124. The first-order chi connectivity index (χ1) is 13.1. The van der Waals surface area contributed by atoms with Crippen LogP contribution >= 0.6 is 0 Å². The number of hydrogen-bond acceptors (Lipinski definition) is 3. The summed E-state index contributed by atoms with van der Waals surface area (Å²) in [5, 5.41) is 2.74.